The van der Waals surface area contributed by atoms with Gasteiger partial charge in [-0.25, -0.2) is 27.1 Å². The van der Waals surface area contributed by atoms with Crippen LogP contribution in [0.4, 0.5) is 4.39 Å². The summed E-state index contributed by atoms with van der Waals surface area (Å²) < 4.78 is 39.6. The van der Waals surface area contributed by atoms with Gasteiger partial charge >= 0.3 is 0 Å². The predicted octanol–water partition coefficient (Wildman–Crippen LogP) is 3.41. The molecule has 3 rings (SSSR count). The standard InChI is InChI=1S/C21H27FN3O2S/c1-5-21(18-7-6-8-19(22)13-18,20-15(2)23-14-24-16(20)3)17-9-11-25(12-10-17)28(4,26)27/h6-8,13-14,17H,1,5,9-12H2,2-4H3. The summed E-state index contributed by atoms with van der Waals surface area (Å²) in [5.41, 5.74) is 2.97. The van der Waals surface area contributed by atoms with Gasteiger partial charge in [0.05, 0.1) is 6.26 Å². The maximum atomic E-state index is 14.2. The molecule has 1 aliphatic rings. The van der Waals surface area contributed by atoms with Gasteiger partial charge in [0.25, 0.3) is 0 Å². The third-order valence-corrected chi connectivity index (χ3v) is 7.33. The van der Waals surface area contributed by atoms with Crippen molar-refractivity contribution < 1.29 is 12.8 Å². The van der Waals surface area contributed by atoms with Crippen LogP contribution in [0.3, 0.4) is 0 Å². The highest BCUT2D eigenvalue weighted by molar-refractivity contribution is 7.88. The second-order valence-corrected chi connectivity index (χ2v) is 9.57. The molecule has 1 fully saturated rings. The first-order valence-corrected chi connectivity index (χ1v) is 11.3. The third-order valence-electron chi connectivity index (χ3n) is 6.03. The van der Waals surface area contributed by atoms with Crippen LogP contribution >= 0.6 is 0 Å². The van der Waals surface area contributed by atoms with E-state index in [1.807, 2.05) is 19.9 Å². The molecule has 7 heteroatoms. The van der Waals surface area contributed by atoms with Gasteiger partial charge in [-0.05, 0) is 56.7 Å². The number of halogens is 1. The molecular formula is C21H27FN3O2S. The zero-order valence-electron chi connectivity index (χ0n) is 16.7. The molecule has 0 spiro atoms. The molecule has 1 aromatic carbocycles. The first kappa shape index (κ1) is 20.9. The van der Waals surface area contributed by atoms with E-state index in [4.69, 9.17) is 0 Å². The minimum absolute atomic E-state index is 0.105. The molecule has 0 amide bonds. The van der Waals surface area contributed by atoms with E-state index < -0.39 is 15.4 Å². The van der Waals surface area contributed by atoms with Crippen molar-refractivity contribution in [2.75, 3.05) is 19.3 Å². The molecule has 1 aromatic heterocycles. The Balaban J connectivity index is 2.16. The molecule has 0 N–H and O–H groups in total. The van der Waals surface area contributed by atoms with Gasteiger partial charge in [-0.2, -0.15) is 0 Å². The topological polar surface area (TPSA) is 63.2 Å². The van der Waals surface area contributed by atoms with E-state index in [0.29, 0.717) is 32.4 Å². The van der Waals surface area contributed by atoms with Gasteiger partial charge in [-0.15, -0.1) is 0 Å². The molecule has 1 unspecified atom stereocenters. The lowest BCUT2D eigenvalue weighted by Crippen LogP contribution is -2.46. The van der Waals surface area contributed by atoms with Gasteiger partial charge in [0.1, 0.15) is 12.1 Å². The maximum absolute atomic E-state index is 14.2. The molecule has 1 saturated heterocycles. The first-order valence-electron chi connectivity index (χ1n) is 9.49. The Morgan fingerprint density at radius 1 is 1.21 bits per heavy atom. The molecule has 151 valence electrons. The second kappa shape index (κ2) is 7.87. The van der Waals surface area contributed by atoms with Crippen LogP contribution in [0.15, 0.2) is 30.6 Å². The fourth-order valence-corrected chi connectivity index (χ4v) is 5.62. The molecule has 28 heavy (non-hydrogen) atoms. The number of piperidine rings is 1. The van der Waals surface area contributed by atoms with Crippen molar-refractivity contribution in [3.63, 3.8) is 0 Å². The molecule has 5 nitrogen and oxygen atoms in total. The molecule has 2 heterocycles. The van der Waals surface area contributed by atoms with Crippen LogP contribution in [0.2, 0.25) is 0 Å². The molecule has 1 radical (unpaired) electrons. The number of sulfonamides is 1. The van der Waals surface area contributed by atoms with E-state index in [1.165, 1.54) is 16.6 Å². The van der Waals surface area contributed by atoms with Crippen LogP contribution in [0, 0.1) is 32.5 Å². The number of hydrogen-bond acceptors (Lipinski definition) is 4. The Labute approximate surface area is 167 Å². The van der Waals surface area contributed by atoms with Crippen LogP contribution < -0.4 is 0 Å². The van der Waals surface area contributed by atoms with Gasteiger partial charge < -0.3 is 0 Å². The van der Waals surface area contributed by atoms with Gasteiger partial charge in [0.15, 0.2) is 0 Å². The van der Waals surface area contributed by atoms with Crippen molar-refractivity contribution in [1.29, 1.82) is 0 Å². The molecule has 0 aliphatic carbocycles. The number of nitrogens with zero attached hydrogens (tertiary/aromatic N) is 3. The minimum atomic E-state index is -3.22. The second-order valence-electron chi connectivity index (χ2n) is 7.59. The van der Waals surface area contributed by atoms with E-state index >= 15 is 0 Å². The van der Waals surface area contributed by atoms with Crippen molar-refractivity contribution in [3.05, 3.63) is 65.8 Å². The third kappa shape index (κ3) is 3.70. The molecule has 0 saturated carbocycles. The summed E-state index contributed by atoms with van der Waals surface area (Å²) in [6.45, 7) is 9.05. The van der Waals surface area contributed by atoms with E-state index in [9.17, 15) is 12.8 Å². The number of rotatable bonds is 5. The van der Waals surface area contributed by atoms with Crippen LogP contribution in [0.25, 0.3) is 0 Å². The normalized spacial score (nSPS) is 18.8. The lowest BCUT2D eigenvalue weighted by atomic mass is 9.60. The zero-order valence-corrected chi connectivity index (χ0v) is 17.5. The van der Waals surface area contributed by atoms with Gasteiger partial charge in [-0.3, -0.25) is 0 Å². The van der Waals surface area contributed by atoms with Crippen LogP contribution in [0.5, 0.6) is 0 Å². The van der Waals surface area contributed by atoms with E-state index in [0.717, 1.165) is 22.5 Å². The minimum Gasteiger partial charge on any atom is -0.241 e. The Morgan fingerprint density at radius 2 is 1.82 bits per heavy atom. The van der Waals surface area contributed by atoms with E-state index in [2.05, 4.69) is 16.9 Å². The average molecular weight is 405 g/mol. The number of aromatic nitrogens is 2. The highest BCUT2D eigenvalue weighted by Gasteiger charge is 2.45. The fourth-order valence-electron chi connectivity index (χ4n) is 4.74. The van der Waals surface area contributed by atoms with Gasteiger partial charge in [-0.1, -0.05) is 19.1 Å². The summed E-state index contributed by atoms with van der Waals surface area (Å²) in [4.78, 5) is 8.82. The van der Waals surface area contributed by atoms with Crippen molar-refractivity contribution in [2.24, 2.45) is 5.92 Å². The lowest BCUT2D eigenvalue weighted by Gasteiger charge is -2.45. The molecule has 1 atom stereocenters. The van der Waals surface area contributed by atoms with Gasteiger partial charge in [0, 0.05) is 35.5 Å². The fraction of sp³-hybridized carbons (Fsp3) is 0.476. The van der Waals surface area contributed by atoms with E-state index in [-0.39, 0.29) is 11.7 Å². The largest absolute Gasteiger partial charge is 0.241 e. The lowest BCUT2D eigenvalue weighted by molar-refractivity contribution is 0.198. The molecule has 0 bridgehead atoms. The number of hydrogen-bond donors (Lipinski definition) is 0. The first-order chi connectivity index (χ1) is 13.2. The average Bonchev–Trinajstić information content (AvgIpc) is 2.64. The Bertz CT molecular complexity index is 936. The Kier molecular flexibility index (Phi) is 5.87. The Hall–Kier alpha value is -1.86. The number of aryl methyl sites for hydroxylation is 2. The van der Waals surface area contributed by atoms with E-state index in [1.54, 1.807) is 18.5 Å². The summed E-state index contributed by atoms with van der Waals surface area (Å²) >= 11 is 0. The SMILES string of the molecule is [CH2]CC(c1cccc(F)c1)(c1c(C)ncnc1C)C1CCN(S(C)(=O)=O)CC1. The van der Waals surface area contributed by atoms with Crippen LogP contribution in [-0.4, -0.2) is 42.0 Å². The summed E-state index contributed by atoms with van der Waals surface area (Å²) in [6, 6.07) is 6.66. The van der Waals surface area contributed by atoms with Crippen LogP contribution in [-0.2, 0) is 15.4 Å². The molecule has 1 aliphatic heterocycles. The molecule has 2 aromatic rings. The summed E-state index contributed by atoms with van der Waals surface area (Å²) in [6.07, 6.45) is 4.64. The van der Waals surface area contributed by atoms with Crippen molar-refractivity contribution in [3.8, 4) is 0 Å². The summed E-state index contributed by atoms with van der Waals surface area (Å²) in [5.74, 6) is -0.191. The monoisotopic (exact) mass is 404 g/mol. The highest BCUT2D eigenvalue weighted by Crippen LogP contribution is 2.48. The van der Waals surface area contributed by atoms with Crippen LogP contribution in [0.1, 0.15) is 41.8 Å². The molecular weight excluding hydrogens is 377 g/mol. The predicted molar refractivity (Wildman–Crippen MR) is 108 cm³/mol. The smallest absolute Gasteiger partial charge is 0.211 e. The quantitative estimate of drug-likeness (QED) is 0.766. The van der Waals surface area contributed by atoms with Gasteiger partial charge in [0.2, 0.25) is 10.0 Å². The zero-order chi connectivity index (χ0) is 20.5. The highest BCUT2D eigenvalue weighted by atomic mass is 32.2. The maximum Gasteiger partial charge on any atom is 0.211 e. The Morgan fingerprint density at radius 3 is 2.32 bits per heavy atom. The van der Waals surface area contributed by atoms with Crippen molar-refractivity contribution in [1.82, 2.24) is 14.3 Å². The van der Waals surface area contributed by atoms with Crippen molar-refractivity contribution >= 4 is 10.0 Å². The number of benzene rings is 1. The summed E-state index contributed by atoms with van der Waals surface area (Å²) in [5, 5.41) is 0. The van der Waals surface area contributed by atoms with Crippen molar-refractivity contribution in [2.45, 2.75) is 38.5 Å². The summed E-state index contributed by atoms with van der Waals surface area (Å²) in [7, 11) is -3.22.